The van der Waals surface area contributed by atoms with Gasteiger partial charge in [0.15, 0.2) is 11.8 Å². The van der Waals surface area contributed by atoms with Gasteiger partial charge >= 0.3 is 0 Å². The number of hydrazine groups is 1. The van der Waals surface area contributed by atoms with Gasteiger partial charge in [-0.3, -0.25) is 15.0 Å². The Balaban J connectivity index is 1.25. The van der Waals surface area contributed by atoms with Crippen molar-refractivity contribution in [2.24, 2.45) is 46.8 Å². The van der Waals surface area contributed by atoms with E-state index >= 15 is 0 Å². The normalized spacial score (nSPS) is 56.5. The van der Waals surface area contributed by atoms with Crippen LogP contribution < -0.4 is 5.43 Å². The highest BCUT2D eigenvalue weighted by Crippen LogP contribution is 2.62. The largest absolute Gasteiger partial charge is 0.319 e. The van der Waals surface area contributed by atoms with Crippen LogP contribution in [0.25, 0.3) is 0 Å². The summed E-state index contributed by atoms with van der Waals surface area (Å²) in [5.74, 6) is 1.59. The van der Waals surface area contributed by atoms with Gasteiger partial charge in [0.2, 0.25) is 17.6 Å². The van der Waals surface area contributed by atoms with Crippen molar-refractivity contribution in [3.63, 3.8) is 0 Å². The van der Waals surface area contributed by atoms with Crippen LogP contribution in [0.4, 0.5) is 0 Å². The standard InChI is InChI=1S/C26H38N2O5/c1-14-4-5-20-15(2)21(29)28(23-26(20)19(14)6-7-24(3,31-23)32-33-26)27-22(30)25-11-16-8-17(12-25)10-18(9-16)13-25/h14-20,23H,4-13H2,1-3H3,(H,27,30)/t14-,15-,16?,17?,18?,19+,20+,23-,24?,25?,26-/m1/s1. The molecule has 1 spiro atoms. The second-order valence-electron chi connectivity index (χ2n) is 13.1. The zero-order chi connectivity index (χ0) is 22.8. The van der Waals surface area contributed by atoms with Crippen molar-refractivity contribution in [1.82, 2.24) is 10.4 Å². The molecule has 6 bridgehead atoms. The van der Waals surface area contributed by atoms with Gasteiger partial charge < -0.3 is 4.74 Å². The molecule has 4 saturated heterocycles. The van der Waals surface area contributed by atoms with E-state index in [-0.39, 0.29) is 35.0 Å². The summed E-state index contributed by atoms with van der Waals surface area (Å²) in [6.07, 6.45) is 9.80. The van der Waals surface area contributed by atoms with Gasteiger partial charge in [-0.05, 0) is 94.3 Å². The number of piperidine rings is 1. The highest BCUT2D eigenvalue weighted by Gasteiger charge is 2.71. The van der Waals surface area contributed by atoms with Crippen LogP contribution in [-0.2, 0) is 24.1 Å². The van der Waals surface area contributed by atoms with Gasteiger partial charge in [-0.15, -0.1) is 0 Å². The third-order valence-electron chi connectivity index (χ3n) is 11.0. The van der Waals surface area contributed by atoms with Crippen LogP contribution in [0.3, 0.4) is 0 Å². The zero-order valence-corrected chi connectivity index (χ0v) is 20.2. The number of fused-ring (bicyclic) bond motifs is 2. The molecular formula is C26H38N2O5. The number of carbonyl (C=O) groups is 2. The molecule has 33 heavy (non-hydrogen) atoms. The first kappa shape index (κ1) is 21.1. The fraction of sp³-hybridized carbons (Fsp3) is 0.923. The molecule has 7 nitrogen and oxygen atoms in total. The lowest BCUT2D eigenvalue weighted by atomic mass is 9.49. The lowest BCUT2D eigenvalue weighted by molar-refractivity contribution is -0.549. The number of nitrogens with one attached hydrogen (secondary N) is 1. The molecule has 0 aromatic heterocycles. The molecule has 5 saturated carbocycles. The van der Waals surface area contributed by atoms with Gasteiger partial charge in [0.1, 0.15) is 0 Å². The maximum Gasteiger partial charge on any atom is 0.246 e. The smallest absolute Gasteiger partial charge is 0.246 e. The molecule has 4 heterocycles. The molecule has 9 aliphatic rings. The summed E-state index contributed by atoms with van der Waals surface area (Å²) < 4.78 is 6.57. The number of ether oxygens (including phenoxy) is 1. The molecule has 9 fully saturated rings. The van der Waals surface area contributed by atoms with Crippen molar-refractivity contribution < 1.29 is 24.1 Å². The van der Waals surface area contributed by atoms with Crippen LogP contribution in [0.15, 0.2) is 0 Å². The highest BCUT2D eigenvalue weighted by atomic mass is 17.3. The quantitative estimate of drug-likeness (QED) is 0.635. The number of amides is 2. The monoisotopic (exact) mass is 458 g/mol. The van der Waals surface area contributed by atoms with E-state index in [1.54, 1.807) is 5.01 Å². The van der Waals surface area contributed by atoms with Gasteiger partial charge in [-0.2, -0.15) is 0 Å². The van der Waals surface area contributed by atoms with Crippen LogP contribution in [0, 0.1) is 46.8 Å². The van der Waals surface area contributed by atoms with E-state index in [2.05, 4.69) is 12.3 Å². The summed E-state index contributed by atoms with van der Waals surface area (Å²) in [5.41, 5.74) is 2.12. The molecule has 0 radical (unpaired) electrons. The van der Waals surface area contributed by atoms with Gasteiger partial charge in [-0.1, -0.05) is 13.8 Å². The fourth-order valence-electron chi connectivity index (χ4n) is 9.79. The Labute approximate surface area is 196 Å². The Kier molecular flexibility index (Phi) is 4.31. The first-order valence-electron chi connectivity index (χ1n) is 13.4. The Morgan fingerprint density at radius 3 is 2.30 bits per heavy atom. The van der Waals surface area contributed by atoms with Gasteiger partial charge in [-0.25, -0.2) is 14.8 Å². The van der Waals surface area contributed by atoms with Gasteiger partial charge in [0.25, 0.3) is 0 Å². The maximum atomic E-state index is 13.9. The molecule has 7 atom stereocenters. The van der Waals surface area contributed by atoms with Crippen LogP contribution in [0.1, 0.15) is 85.0 Å². The number of hydrogen-bond acceptors (Lipinski definition) is 5. The van der Waals surface area contributed by atoms with Crippen LogP contribution in [0.5, 0.6) is 0 Å². The van der Waals surface area contributed by atoms with E-state index in [0.29, 0.717) is 23.7 Å². The molecular weight excluding hydrogens is 420 g/mol. The zero-order valence-electron chi connectivity index (χ0n) is 20.2. The summed E-state index contributed by atoms with van der Waals surface area (Å²) in [5, 5.41) is 1.55. The van der Waals surface area contributed by atoms with Crippen molar-refractivity contribution in [2.75, 3.05) is 0 Å². The molecule has 1 N–H and O–H groups in total. The third kappa shape index (κ3) is 2.73. The van der Waals surface area contributed by atoms with E-state index in [1.165, 1.54) is 19.3 Å². The summed E-state index contributed by atoms with van der Waals surface area (Å²) in [6, 6.07) is 0. The van der Waals surface area contributed by atoms with E-state index in [0.717, 1.165) is 44.9 Å². The van der Waals surface area contributed by atoms with Gasteiger partial charge in [0.05, 0.1) is 5.41 Å². The Morgan fingerprint density at radius 2 is 1.64 bits per heavy atom. The van der Waals surface area contributed by atoms with Crippen molar-refractivity contribution in [2.45, 2.75) is 103 Å². The van der Waals surface area contributed by atoms with Crippen molar-refractivity contribution >= 4 is 11.8 Å². The SMILES string of the molecule is C[C@@H]1CC[C@H]2[C@@H](C)C(=O)N(NC(=O)C34CC5CC(CC(C5)C3)C4)[C@@H]3OC4(C)CC[C@@H]1[C@@]23OO4. The fourth-order valence-corrected chi connectivity index (χ4v) is 9.79. The van der Waals surface area contributed by atoms with Crippen molar-refractivity contribution in [3.8, 4) is 0 Å². The number of rotatable bonds is 2. The summed E-state index contributed by atoms with van der Waals surface area (Å²) >= 11 is 0. The highest BCUT2D eigenvalue weighted by molar-refractivity contribution is 5.88. The van der Waals surface area contributed by atoms with Crippen molar-refractivity contribution in [1.29, 1.82) is 0 Å². The molecule has 1 unspecified atom stereocenters. The molecule has 5 aliphatic carbocycles. The molecule has 182 valence electrons. The van der Waals surface area contributed by atoms with Crippen LogP contribution >= 0.6 is 0 Å². The summed E-state index contributed by atoms with van der Waals surface area (Å²) in [4.78, 5) is 39.9. The molecule has 0 aromatic carbocycles. The molecule has 2 amide bonds. The van der Waals surface area contributed by atoms with Crippen LogP contribution in [0.2, 0.25) is 0 Å². The predicted molar refractivity (Wildman–Crippen MR) is 118 cm³/mol. The first-order chi connectivity index (χ1) is 15.7. The molecule has 4 aliphatic heterocycles. The summed E-state index contributed by atoms with van der Waals surface area (Å²) in [7, 11) is 0. The van der Waals surface area contributed by atoms with E-state index in [9.17, 15) is 9.59 Å². The molecule has 0 aromatic rings. The maximum absolute atomic E-state index is 13.9. The first-order valence-corrected chi connectivity index (χ1v) is 13.4. The minimum Gasteiger partial charge on any atom is -0.319 e. The predicted octanol–water partition coefficient (Wildman–Crippen LogP) is 3.93. The topological polar surface area (TPSA) is 77.1 Å². The third-order valence-corrected chi connectivity index (χ3v) is 11.0. The average Bonchev–Trinajstić information content (AvgIpc) is 3.00. The summed E-state index contributed by atoms with van der Waals surface area (Å²) in [6.45, 7) is 6.19. The lowest BCUT2D eigenvalue weighted by Crippen LogP contribution is -2.77. The van der Waals surface area contributed by atoms with E-state index in [1.807, 2.05) is 13.8 Å². The minimum atomic E-state index is -0.901. The number of nitrogens with zero attached hydrogens (tertiary/aromatic N) is 1. The minimum absolute atomic E-state index is 0.0338. The second-order valence-corrected chi connectivity index (χ2v) is 13.1. The molecule has 9 rings (SSSR count). The number of hydrogen-bond donors (Lipinski definition) is 1. The number of carbonyl (C=O) groups excluding carboxylic acids is 2. The van der Waals surface area contributed by atoms with Gasteiger partial charge in [0, 0.05) is 18.3 Å². The molecule has 7 heteroatoms. The Hall–Kier alpha value is -1.18. The van der Waals surface area contributed by atoms with Crippen LogP contribution in [-0.4, -0.2) is 34.4 Å². The second kappa shape index (κ2) is 6.73. The lowest BCUT2D eigenvalue weighted by Gasteiger charge is -2.62. The van der Waals surface area contributed by atoms with E-state index < -0.39 is 17.6 Å². The van der Waals surface area contributed by atoms with Crippen molar-refractivity contribution in [3.05, 3.63) is 0 Å². The average molecular weight is 459 g/mol. The Bertz CT molecular complexity index is 857. The Morgan fingerprint density at radius 1 is 0.970 bits per heavy atom. The van der Waals surface area contributed by atoms with E-state index in [4.69, 9.17) is 14.5 Å².